The highest BCUT2D eigenvalue weighted by Crippen LogP contribution is 2.09. The summed E-state index contributed by atoms with van der Waals surface area (Å²) in [6.07, 6.45) is 1.78. The summed E-state index contributed by atoms with van der Waals surface area (Å²) >= 11 is 0. The van der Waals surface area contributed by atoms with Gasteiger partial charge in [0.1, 0.15) is 0 Å². The van der Waals surface area contributed by atoms with Crippen LogP contribution in [0, 0.1) is 5.92 Å². The Morgan fingerprint density at radius 3 is 2.45 bits per heavy atom. The highest BCUT2D eigenvalue weighted by Gasteiger charge is 2.09. The summed E-state index contributed by atoms with van der Waals surface area (Å²) in [6, 6.07) is -0.122. The zero-order valence-electron chi connectivity index (χ0n) is 13.0. The van der Waals surface area contributed by atoms with Crippen molar-refractivity contribution in [3.05, 3.63) is 0 Å². The zero-order valence-corrected chi connectivity index (χ0v) is 13.0. The van der Waals surface area contributed by atoms with E-state index in [2.05, 4.69) is 5.32 Å². The number of aliphatic carboxylic acids is 1. The maximum atomic E-state index is 11.7. The fraction of sp³-hybridized carbons (Fsp3) is 0.857. The van der Waals surface area contributed by atoms with Crippen LogP contribution in [0.5, 0.6) is 0 Å². The lowest BCUT2D eigenvalue weighted by Crippen LogP contribution is -2.39. The number of nitrogens with zero attached hydrogens (tertiary/aromatic N) is 1. The number of rotatable bonds is 10. The van der Waals surface area contributed by atoms with E-state index in [1.54, 1.807) is 11.9 Å². The molecular weight excluding hydrogens is 260 g/mol. The minimum absolute atomic E-state index is 0.122. The fourth-order valence-electron chi connectivity index (χ4n) is 1.60. The molecule has 0 aliphatic rings. The van der Waals surface area contributed by atoms with Crippen LogP contribution in [0.4, 0.5) is 4.79 Å². The molecule has 0 rings (SSSR count). The van der Waals surface area contributed by atoms with Crippen LogP contribution in [0.15, 0.2) is 0 Å². The smallest absolute Gasteiger partial charge is 0.317 e. The number of hydrogen-bond donors (Lipinski definition) is 2. The monoisotopic (exact) mass is 288 g/mol. The number of carboxylic acids is 1. The first-order valence-corrected chi connectivity index (χ1v) is 7.15. The maximum Gasteiger partial charge on any atom is 0.317 e. The molecule has 0 saturated carbocycles. The second-order valence-corrected chi connectivity index (χ2v) is 5.40. The van der Waals surface area contributed by atoms with Gasteiger partial charge in [0.05, 0.1) is 12.7 Å². The van der Waals surface area contributed by atoms with E-state index >= 15 is 0 Å². The molecule has 0 aromatic rings. The van der Waals surface area contributed by atoms with Crippen LogP contribution >= 0.6 is 0 Å². The molecule has 2 N–H and O–H groups in total. The minimum Gasteiger partial charge on any atom is -0.481 e. The lowest BCUT2D eigenvalue weighted by molar-refractivity contribution is -0.137. The van der Waals surface area contributed by atoms with Crippen LogP contribution < -0.4 is 5.32 Å². The van der Waals surface area contributed by atoms with Crippen molar-refractivity contribution in [1.82, 2.24) is 10.2 Å². The molecule has 118 valence electrons. The third kappa shape index (κ3) is 10.6. The van der Waals surface area contributed by atoms with Crippen molar-refractivity contribution < 1.29 is 19.4 Å². The lowest BCUT2D eigenvalue weighted by Gasteiger charge is -2.19. The Kier molecular flexibility index (Phi) is 9.80. The molecule has 0 spiro atoms. The topological polar surface area (TPSA) is 78.9 Å². The first-order chi connectivity index (χ1) is 9.32. The Morgan fingerprint density at radius 2 is 1.90 bits per heavy atom. The van der Waals surface area contributed by atoms with Gasteiger partial charge in [-0.15, -0.1) is 0 Å². The number of carbonyl (C=O) groups is 2. The predicted octanol–water partition coefficient (Wildman–Crippen LogP) is 1.94. The van der Waals surface area contributed by atoms with Crippen molar-refractivity contribution in [2.75, 3.05) is 26.7 Å². The summed E-state index contributed by atoms with van der Waals surface area (Å²) in [5.74, 6) is -0.480. The normalized spacial score (nSPS) is 12.2. The van der Waals surface area contributed by atoms with E-state index in [4.69, 9.17) is 9.84 Å². The number of carbonyl (C=O) groups excluding carboxylic acids is 1. The molecule has 1 atom stereocenters. The van der Waals surface area contributed by atoms with Crippen molar-refractivity contribution in [1.29, 1.82) is 0 Å². The molecule has 0 saturated heterocycles. The Morgan fingerprint density at radius 1 is 1.25 bits per heavy atom. The van der Waals surface area contributed by atoms with Gasteiger partial charge in [-0.3, -0.25) is 4.79 Å². The third-order valence-electron chi connectivity index (χ3n) is 2.99. The van der Waals surface area contributed by atoms with Crippen molar-refractivity contribution >= 4 is 12.0 Å². The number of ether oxygens (including phenoxy) is 1. The lowest BCUT2D eigenvalue weighted by atomic mass is 10.0. The number of amides is 2. The Bertz CT molecular complexity index is 295. The van der Waals surface area contributed by atoms with E-state index in [1.165, 1.54) is 0 Å². The molecule has 0 bridgehead atoms. The Hall–Kier alpha value is -1.30. The number of carboxylic acid groups (broad SMARTS) is 1. The van der Waals surface area contributed by atoms with Crippen molar-refractivity contribution in [3.63, 3.8) is 0 Å². The van der Waals surface area contributed by atoms with Crippen molar-refractivity contribution in [3.8, 4) is 0 Å². The number of likely N-dealkylation sites (N-methyl/N-ethyl adjacent to an activating group) is 1. The van der Waals surface area contributed by atoms with Gasteiger partial charge >= 0.3 is 12.0 Å². The summed E-state index contributed by atoms with van der Waals surface area (Å²) in [6.45, 7) is 7.55. The minimum atomic E-state index is -0.772. The molecule has 0 heterocycles. The van der Waals surface area contributed by atoms with Gasteiger partial charge in [-0.1, -0.05) is 6.92 Å². The molecule has 2 amide bonds. The van der Waals surface area contributed by atoms with Gasteiger partial charge in [0.25, 0.3) is 0 Å². The van der Waals surface area contributed by atoms with E-state index in [-0.39, 0.29) is 18.6 Å². The van der Waals surface area contributed by atoms with Crippen LogP contribution in [0.3, 0.4) is 0 Å². The Balaban J connectivity index is 3.67. The molecule has 0 fully saturated rings. The summed E-state index contributed by atoms with van der Waals surface area (Å²) in [4.78, 5) is 23.8. The number of urea groups is 1. The van der Waals surface area contributed by atoms with E-state index in [9.17, 15) is 9.59 Å². The summed E-state index contributed by atoms with van der Waals surface area (Å²) < 4.78 is 5.38. The fourth-order valence-corrected chi connectivity index (χ4v) is 1.60. The summed E-state index contributed by atoms with van der Waals surface area (Å²) in [5.41, 5.74) is 0. The SMILES string of the molecule is CC(CCNC(=O)N(C)CCOC(C)C)CCC(=O)O. The van der Waals surface area contributed by atoms with Gasteiger partial charge in [0.15, 0.2) is 0 Å². The molecular formula is C14H28N2O4. The predicted molar refractivity (Wildman–Crippen MR) is 77.8 cm³/mol. The zero-order chi connectivity index (χ0) is 15.5. The Labute approximate surface area is 121 Å². The first kappa shape index (κ1) is 18.7. The molecule has 20 heavy (non-hydrogen) atoms. The van der Waals surface area contributed by atoms with Gasteiger partial charge in [-0.05, 0) is 32.6 Å². The van der Waals surface area contributed by atoms with Crippen molar-refractivity contribution in [2.24, 2.45) is 5.92 Å². The third-order valence-corrected chi connectivity index (χ3v) is 2.99. The summed E-state index contributed by atoms with van der Waals surface area (Å²) in [5, 5.41) is 11.4. The van der Waals surface area contributed by atoms with E-state index in [0.29, 0.717) is 32.0 Å². The average Bonchev–Trinajstić information content (AvgIpc) is 2.35. The molecule has 1 unspecified atom stereocenters. The molecule has 0 aromatic carbocycles. The second kappa shape index (κ2) is 10.5. The van der Waals surface area contributed by atoms with Crippen molar-refractivity contribution in [2.45, 2.75) is 46.1 Å². The summed E-state index contributed by atoms with van der Waals surface area (Å²) in [7, 11) is 1.73. The van der Waals surface area contributed by atoms with E-state index in [0.717, 1.165) is 6.42 Å². The van der Waals surface area contributed by atoms with Crippen LogP contribution in [-0.4, -0.2) is 54.9 Å². The largest absolute Gasteiger partial charge is 0.481 e. The van der Waals surface area contributed by atoms with Gasteiger partial charge < -0.3 is 20.1 Å². The van der Waals surface area contributed by atoms with Crippen LogP contribution in [0.1, 0.15) is 40.0 Å². The molecule has 6 heteroatoms. The molecule has 0 radical (unpaired) electrons. The quantitative estimate of drug-likeness (QED) is 0.644. The number of nitrogens with one attached hydrogen (secondary N) is 1. The van der Waals surface area contributed by atoms with Crippen LogP contribution in [0.25, 0.3) is 0 Å². The molecule has 0 aliphatic carbocycles. The maximum absolute atomic E-state index is 11.7. The second-order valence-electron chi connectivity index (χ2n) is 5.40. The van der Waals surface area contributed by atoms with Gasteiger partial charge in [-0.25, -0.2) is 4.79 Å². The van der Waals surface area contributed by atoms with E-state index in [1.807, 2.05) is 20.8 Å². The van der Waals surface area contributed by atoms with Gasteiger partial charge in [-0.2, -0.15) is 0 Å². The van der Waals surface area contributed by atoms with Gasteiger partial charge in [0.2, 0.25) is 0 Å². The van der Waals surface area contributed by atoms with Crippen LogP contribution in [0.2, 0.25) is 0 Å². The molecule has 0 aliphatic heterocycles. The van der Waals surface area contributed by atoms with Gasteiger partial charge in [0, 0.05) is 26.6 Å². The first-order valence-electron chi connectivity index (χ1n) is 7.15. The standard InChI is InChI=1S/C14H28N2O4/c1-11(2)20-10-9-16(4)14(19)15-8-7-12(3)5-6-13(17)18/h11-12H,5-10H2,1-4H3,(H,15,19)(H,17,18). The highest BCUT2D eigenvalue weighted by atomic mass is 16.5. The van der Waals surface area contributed by atoms with Crippen LogP contribution in [-0.2, 0) is 9.53 Å². The average molecular weight is 288 g/mol. The molecule has 0 aromatic heterocycles. The number of hydrogen-bond acceptors (Lipinski definition) is 3. The highest BCUT2D eigenvalue weighted by molar-refractivity contribution is 5.73. The molecule has 6 nitrogen and oxygen atoms in total. The van der Waals surface area contributed by atoms with E-state index < -0.39 is 5.97 Å².